The monoisotopic (exact) mass is 382 g/mol. The first-order valence-corrected chi connectivity index (χ1v) is 8.27. The fourth-order valence-corrected chi connectivity index (χ4v) is 3.13. The van der Waals surface area contributed by atoms with Crippen LogP contribution in [0.15, 0.2) is 39.4 Å². The number of amides is 1. The smallest absolute Gasteiger partial charge is 0.289 e. The van der Waals surface area contributed by atoms with Crippen LogP contribution in [0.3, 0.4) is 0 Å². The minimum atomic E-state index is -0.0619. The maximum absolute atomic E-state index is 12.3. The molecule has 0 aliphatic carbocycles. The van der Waals surface area contributed by atoms with Crippen molar-refractivity contribution in [1.29, 1.82) is 0 Å². The van der Waals surface area contributed by atoms with Crippen molar-refractivity contribution in [3.8, 4) is 0 Å². The van der Waals surface area contributed by atoms with Crippen LogP contribution in [0.1, 0.15) is 16.1 Å². The Bertz CT molecular complexity index is 693. The fraction of sp³-hybridized carbons (Fsp3) is 0.312. The Kier molecular flexibility index (Phi) is 4.45. The third kappa shape index (κ3) is 3.15. The van der Waals surface area contributed by atoms with E-state index in [9.17, 15) is 4.79 Å². The standard InChI is InChI=1S/C16H16BrClN2O2/c1-11-2-3-12(18)10-13(11)19-6-8-20(9-7-19)16(21)14-4-5-15(17)22-14/h2-5,10H,6-9H2,1H3. The first-order chi connectivity index (χ1) is 10.5. The molecular formula is C16H16BrClN2O2. The summed E-state index contributed by atoms with van der Waals surface area (Å²) in [5, 5.41) is 0.736. The van der Waals surface area contributed by atoms with Crippen molar-refractivity contribution in [2.75, 3.05) is 31.1 Å². The molecule has 2 aromatic rings. The lowest BCUT2D eigenvalue weighted by atomic mass is 10.1. The highest BCUT2D eigenvalue weighted by molar-refractivity contribution is 9.10. The summed E-state index contributed by atoms with van der Waals surface area (Å²) in [4.78, 5) is 16.4. The molecule has 0 N–H and O–H groups in total. The number of furan rings is 1. The van der Waals surface area contributed by atoms with Gasteiger partial charge in [0.25, 0.3) is 5.91 Å². The van der Waals surface area contributed by atoms with Crippen molar-refractivity contribution >= 4 is 39.1 Å². The van der Waals surface area contributed by atoms with Gasteiger partial charge >= 0.3 is 0 Å². The van der Waals surface area contributed by atoms with E-state index >= 15 is 0 Å². The molecule has 0 atom stereocenters. The van der Waals surface area contributed by atoms with Crippen LogP contribution >= 0.6 is 27.5 Å². The number of anilines is 1. The van der Waals surface area contributed by atoms with Crippen molar-refractivity contribution in [3.63, 3.8) is 0 Å². The Hall–Kier alpha value is -1.46. The first kappa shape index (κ1) is 15.4. The van der Waals surface area contributed by atoms with Crippen molar-refractivity contribution < 1.29 is 9.21 Å². The van der Waals surface area contributed by atoms with Crippen LogP contribution in [-0.2, 0) is 0 Å². The summed E-state index contributed by atoms with van der Waals surface area (Å²) in [7, 11) is 0. The molecule has 1 aromatic heterocycles. The number of halogens is 2. The lowest BCUT2D eigenvalue weighted by Gasteiger charge is -2.36. The van der Waals surface area contributed by atoms with Gasteiger partial charge < -0.3 is 14.2 Å². The Morgan fingerprint density at radius 1 is 1.18 bits per heavy atom. The summed E-state index contributed by atoms with van der Waals surface area (Å²) in [6.45, 7) is 4.99. The number of nitrogens with zero attached hydrogens (tertiary/aromatic N) is 2. The number of carbonyl (C=O) groups is 1. The van der Waals surface area contributed by atoms with Crippen LogP contribution in [-0.4, -0.2) is 37.0 Å². The Morgan fingerprint density at radius 2 is 1.91 bits per heavy atom. The number of piperazine rings is 1. The van der Waals surface area contributed by atoms with Crippen molar-refractivity contribution in [3.05, 3.63) is 51.3 Å². The molecule has 0 radical (unpaired) electrons. The minimum Gasteiger partial charge on any atom is -0.444 e. The SMILES string of the molecule is Cc1ccc(Cl)cc1N1CCN(C(=O)c2ccc(Br)o2)CC1. The van der Waals surface area contributed by atoms with Crippen molar-refractivity contribution in [2.24, 2.45) is 0 Å². The molecule has 3 rings (SSSR count). The number of hydrogen-bond donors (Lipinski definition) is 0. The molecule has 4 nitrogen and oxygen atoms in total. The highest BCUT2D eigenvalue weighted by Gasteiger charge is 2.24. The molecular weight excluding hydrogens is 368 g/mol. The Morgan fingerprint density at radius 3 is 2.55 bits per heavy atom. The van der Waals surface area contributed by atoms with E-state index < -0.39 is 0 Å². The average Bonchev–Trinajstić information content (AvgIpc) is 2.96. The summed E-state index contributed by atoms with van der Waals surface area (Å²) < 4.78 is 5.91. The van der Waals surface area contributed by atoms with E-state index in [0.29, 0.717) is 23.5 Å². The summed E-state index contributed by atoms with van der Waals surface area (Å²) in [5.41, 5.74) is 2.33. The van der Waals surface area contributed by atoms with E-state index in [2.05, 4.69) is 27.8 Å². The Labute approximate surface area is 142 Å². The molecule has 6 heteroatoms. The van der Waals surface area contributed by atoms with Crippen molar-refractivity contribution in [2.45, 2.75) is 6.92 Å². The molecule has 116 valence electrons. The molecule has 1 aliphatic rings. The fourth-order valence-electron chi connectivity index (χ4n) is 2.66. The van der Waals surface area contributed by atoms with Crippen LogP contribution in [0.5, 0.6) is 0 Å². The van der Waals surface area contributed by atoms with Gasteiger partial charge in [-0.15, -0.1) is 0 Å². The van der Waals surface area contributed by atoms with Gasteiger partial charge in [0.15, 0.2) is 10.4 Å². The predicted molar refractivity (Wildman–Crippen MR) is 90.7 cm³/mol. The molecule has 1 aliphatic heterocycles. The lowest BCUT2D eigenvalue weighted by Crippen LogP contribution is -2.48. The normalized spacial score (nSPS) is 15.2. The van der Waals surface area contributed by atoms with E-state index in [4.69, 9.17) is 16.0 Å². The third-order valence-corrected chi connectivity index (χ3v) is 4.52. The van der Waals surface area contributed by atoms with Crippen molar-refractivity contribution in [1.82, 2.24) is 4.90 Å². The average molecular weight is 384 g/mol. The molecule has 1 saturated heterocycles. The van der Waals surface area contributed by atoms with Gasteiger partial charge in [-0.25, -0.2) is 0 Å². The van der Waals surface area contributed by atoms with Crippen LogP contribution < -0.4 is 4.90 Å². The lowest BCUT2D eigenvalue weighted by molar-refractivity contribution is 0.0713. The Balaban J connectivity index is 1.67. The highest BCUT2D eigenvalue weighted by Crippen LogP contribution is 2.25. The van der Waals surface area contributed by atoms with Gasteiger partial charge in [0.2, 0.25) is 0 Å². The van der Waals surface area contributed by atoms with E-state index in [-0.39, 0.29) is 5.91 Å². The van der Waals surface area contributed by atoms with E-state index in [1.165, 1.54) is 5.56 Å². The van der Waals surface area contributed by atoms with Crippen LogP contribution in [0, 0.1) is 6.92 Å². The second-order valence-electron chi connectivity index (χ2n) is 5.31. The summed E-state index contributed by atoms with van der Waals surface area (Å²) >= 11 is 9.31. The van der Waals surface area contributed by atoms with E-state index in [1.807, 2.05) is 23.1 Å². The largest absolute Gasteiger partial charge is 0.444 e. The number of hydrogen-bond acceptors (Lipinski definition) is 3. The molecule has 0 bridgehead atoms. The molecule has 22 heavy (non-hydrogen) atoms. The van der Waals surface area contributed by atoms with E-state index in [1.54, 1.807) is 12.1 Å². The highest BCUT2D eigenvalue weighted by atomic mass is 79.9. The zero-order valence-electron chi connectivity index (χ0n) is 12.2. The number of carbonyl (C=O) groups excluding carboxylic acids is 1. The quantitative estimate of drug-likeness (QED) is 0.787. The number of aryl methyl sites for hydroxylation is 1. The predicted octanol–water partition coefficient (Wildman–Crippen LogP) is 3.97. The van der Waals surface area contributed by atoms with Gasteiger partial charge in [-0.2, -0.15) is 0 Å². The van der Waals surface area contributed by atoms with Gasteiger partial charge in [-0.1, -0.05) is 17.7 Å². The molecule has 1 amide bonds. The second-order valence-corrected chi connectivity index (χ2v) is 6.53. The van der Waals surface area contributed by atoms with E-state index in [0.717, 1.165) is 23.8 Å². The first-order valence-electron chi connectivity index (χ1n) is 7.10. The topological polar surface area (TPSA) is 36.7 Å². The minimum absolute atomic E-state index is 0.0619. The molecule has 0 saturated carbocycles. The molecule has 0 spiro atoms. The van der Waals surface area contributed by atoms with Gasteiger partial charge in [-0.3, -0.25) is 4.79 Å². The zero-order chi connectivity index (χ0) is 15.7. The zero-order valence-corrected chi connectivity index (χ0v) is 14.5. The molecule has 0 unspecified atom stereocenters. The third-order valence-electron chi connectivity index (χ3n) is 3.86. The number of benzene rings is 1. The number of rotatable bonds is 2. The van der Waals surface area contributed by atoms with Gasteiger partial charge in [0, 0.05) is 36.9 Å². The maximum atomic E-state index is 12.3. The van der Waals surface area contributed by atoms with Gasteiger partial charge in [-0.05, 0) is 52.7 Å². The van der Waals surface area contributed by atoms with Crippen LogP contribution in [0.25, 0.3) is 0 Å². The van der Waals surface area contributed by atoms with Gasteiger partial charge in [0.05, 0.1) is 0 Å². The van der Waals surface area contributed by atoms with Crippen LogP contribution in [0.4, 0.5) is 5.69 Å². The summed E-state index contributed by atoms with van der Waals surface area (Å²) in [6, 6.07) is 9.33. The molecule has 1 fully saturated rings. The summed E-state index contributed by atoms with van der Waals surface area (Å²) in [6.07, 6.45) is 0. The molecule has 1 aromatic carbocycles. The second kappa shape index (κ2) is 6.34. The summed E-state index contributed by atoms with van der Waals surface area (Å²) in [5.74, 6) is 0.312. The maximum Gasteiger partial charge on any atom is 0.289 e. The van der Waals surface area contributed by atoms with Gasteiger partial charge in [0.1, 0.15) is 0 Å². The van der Waals surface area contributed by atoms with Crippen LogP contribution in [0.2, 0.25) is 5.02 Å². The molecule has 2 heterocycles.